The van der Waals surface area contributed by atoms with Crippen LogP contribution in [-0.2, 0) is 20.9 Å². The van der Waals surface area contributed by atoms with Gasteiger partial charge in [0.05, 0.1) is 37.9 Å². The van der Waals surface area contributed by atoms with Crippen LogP contribution in [0.5, 0.6) is 0 Å². The molecule has 0 fully saturated rings. The van der Waals surface area contributed by atoms with Crippen molar-refractivity contribution in [3.63, 3.8) is 0 Å². The van der Waals surface area contributed by atoms with Gasteiger partial charge in [-0.05, 0) is 23.3 Å². The average molecular weight is 295 g/mol. The molecular formula is C18H17NO3. The Bertz CT molecular complexity index is 662. The van der Waals surface area contributed by atoms with E-state index >= 15 is 0 Å². The number of nitriles is 1. The lowest BCUT2D eigenvalue weighted by Crippen LogP contribution is -2.12. The zero-order valence-corrected chi connectivity index (χ0v) is 12.4. The summed E-state index contributed by atoms with van der Waals surface area (Å²) >= 11 is 0. The molecule has 4 nitrogen and oxygen atoms in total. The van der Waals surface area contributed by atoms with Crippen molar-refractivity contribution in [1.29, 1.82) is 5.26 Å². The van der Waals surface area contributed by atoms with Gasteiger partial charge in [0.15, 0.2) is 0 Å². The summed E-state index contributed by atoms with van der Waals surface area (Å²) in [6.45, 7) is 0.388. The predicted molar refractivity (Wildman–Crippen MR) is 81.8 cm³/mol. The van der Waals surface area contributed by atoms with E-state index in [0.717, 1.165) is 11.1 Å². The van der Waals surface area contributed by atoms with E-state index in [1.165, 1.54) is 7.11 Å². The van der Waals surface area contributed by atoms with Crippen molar-refractivity contribution in [2.24, 2.45) is 0 Å². The third-order valence-corrected chi connectivity index (χ3v) is 3.26. The Hall–Kier alpha value is -2.64. The van der Waals surface area contributed by atoms with Crippen molar-refractivity contribution >= 4 is 5.97 Å². The Morgan fingerprint density at radius 1 is 1.18 bits per heavy atom. The van der Waals surface area contributed by atoms with E-state index in [2.05, 4.69) is 6.07 Å². The van der Waals surface area contributed by atoms with Crippen LogP contribution >= 0.6 is 0 Å². The molecule has 0 spiro atoms. The topological polar surface area (TPSA) is 59.3 Å². The van der Waals surface area contributed by atoms with Crippen LogP contribution in [0.3, 0.4) is 0 Å². The molecule has 0 saturated heterocycles. The van der Waals surface area contributed by atoms with Crippen molar-refractivity contribution in [2.75, 3.05) is 7.11 Å². The molecule has 0 amide bonds. The minimum atomic E-state index is -0.444. The highest BCUT2D eigenvalue weighted by Gasteiger charge is 2.18. The largest absolute Gasteiger partial charge is 0.469 e. The summed E-state index contributed by atoms with van der Waals surface area (Å²) in [5.41, 5.74) is 2.35. The average Bonchev–Trinajstić information content (AvgIpc) is 2.59. The monoisotopic (exact) mass is 295 g/mol. The number of nitrogens with zero attached hydrogens (tertiary/aromatic N) is 1. The van der Waals surface area contributed by atoms with Gasteiger partial charge in [0.1, 0.15) is 0 Å². The van der Waals surface area contributed by atoms with E-state index in [9.17, 15) is 4.79 Å². The summed E-state index contributed by atoms with van der Waals surface area (Å²) in [4.78, 5) is 11.6. The van der Waals surface area contributed by atoms with Crippen LogP contribution < -0.4 is 0 Å². The molecule has 2 aromatic carbocycles. The lowest BCUT2D eigenvalue weighted by molar-refractivity contribution is -0.144. The number of esters is 1. The van der Waals surface area contributed by atoms with Gasteiger partial charge < -0.3 is 9.47 Å². The molecule has 0 aromatic heterocycles. The Balaban J connectivity index is 2.15. The maximum absolute atomic E-state index is 11.6. The van der Waals surface area contributed by atoms with Gasteiger partial charge >= 0.3 is 5.97 Å². The minimum absolute atomic E-state index is 0.109. The zero-order valence-electron chi connectivity index (χ0n) is 12.4. The molecule has 0 aliphatic heterocycles. The van der Waals surface area contributed by atoms with Gasteiger partial charge in [-0.25, -0.2) is 0 Å². The normalized spacial score (nSPS) is 11.5. The lowest BCUT2D eigenvalue weighted by Gasteiger charge is -2.17. The summed E-state index contributed by atoms with van der Waals surface area (Å²) < 4.78 is 10.6. The van der Waals surface area contributed by atoms with Gasteiger partial charge in [-0.1, -0.05) is 42.5 Å². The third kappa shape index (κ3) is 4.44. The highest BCUT2D eigenvalue weighted by molar-refractivity contribution is 5.70. The van der Waals surface area contributed by atoms with Crippen LogP contribution in [-0.4, -0.2) is 13.1 Å². The van der Waals surface area contributed by atoms with E-state index in [-0.39, 0.29) is 12.4 Å². The van der Waals surface area contributed by atoms with Gasteiger partial charge in [-0.2, -0.15) is 5.26 Å². The smallest absolute Gasteiger partial charge is 0.308 e. The van der Waals surface area contributed by atoms with E-state index in [4.69, 9.17) is 14.7 Å². The number of rotatable bonds is 6. The van der Waals surface area contributed by atoms with E-state index in [1.807, 2.05) is 36.4 Å². The Morgan fingerprint density at radius 3 is 2.64 bits per heavy atom. The molecule has 0 radical (unpaired) electrons. The highest BCUT2D eigenvalue weighted by atomic mass is 16.5. The zero-order chi connectivity index (χ0) is 15.8. The molecule has 112 valence electrons. The van der Waals surface area contributed by atoms with Crippen molar-refractivity contribution in [2.45, 2.75) is 19.1 Å². The third-order valence-electron chi connectivity index (χ3n) is 3.26. The van der Waals surface area contributed by atoms with Crippen LogP contribution in [0.15, 0.2) is 54.6 Å². The van der Waals surface area contributed by atoms with E-state index < -0.39 is 6.10 Å². The fraction of sp³-hybridized carbons (Fsp3) is 0.222. The molecule has 1 atom stereocenters. The molecule has 0 saturated carbocycles. The van der Waals surface area contributed by atoms with Gasteiger partial charge in [0, 0.05) is 0 Å². The minimum Gasteiger partial charge on any atom is -0.469 e. The van der Waals surface area contributed by atoms with Gasteiger partial charge in [0.25, 0.3) is 0 Å². The molecule has 1 unspecified atom stereocenters. The number of carbonyl (C=O) groups is 1. The molecular weight excluding hydrogens is 278 g/mol. The van der Waals surface area contributed by atoms with Crippen LogP contribution in [0.25, 0.3) is 0 Å². The molecule has 22 heavy (non-hydrogen) atoms. The predicted octanol–water partition coefficient (Wildman–Crippen LogP) is 3.38. The Labute approximate surface area is 129 Å². The molecule has 0 N–H and O–H groups in total. The number of ether oxygens (including phenoxy) is 2. The quantitative estimate of drug-likeness (QED) is 0.767. The van der Waals surface area contributed by atoms with E-state index in [1.54, 1.807) is 18.2 Å². The molecule has 0 heterocycles. The summed E-state index contributed by atoms with van der Waals surface area (Å²) in [5, 5.41) is 9.00. The number of hydrogen-bond acceptors (Lipinski definition) is 4. The Kier molecular flexibility index (Phi) is 5.70. The molecule has 4 heteroatoms. The Morgan fingerprint density at radius 2 is 1.95 bits per heavy atom. The number of carbonyl (C=O) groups excluding carboxylic acids is 1. The molecule has 0 bridgehead atoms. The SMILES string of the molecule is COC(=O)CC(OCc1ccccc1)c1cccc(C#N)c1. The highest BCUT2D eigenvalue weighted by Crippen LogP contribution is 2.24. The second-order valence-corrected chi connectivity index (χ2v) is 4.80. The lowest BCUT2D eigenvalue weighted by atomic mass is 10.0. The number of methoxy groups -OCH3 is 1. The van der Waals surface area contributed by atoms with Crippen LogP contribution in [0.1, 0.15) is 29.2 Å². The number of hydrogen-bond donors (Lipinski definition) is 0. The van der Waals surface area contributed by atoms with Crippen molar-refractivity contribution in [1.82, 2.24) is 0 Å². The summed E-state index contributed by atoms with van der Waals surface area (Å²) in [7, 11) is 1.35. The standard InChI is InChI=1S/C18H17NO3/c1-21-18(20)11-17(16-9-5-8-15(10-16)12-19)22-13-14-6-3-2-4-7-14/h2-10,17H,11,13H2,1H3. The fourth-order valence-corrected chi connectivity index (χ4v) is 2.09. The van der Waals surface area contributed by atoms with Gasteiger partial charge in [-0.15, -0.1) is 0 Å². The van der Waals surface area contributed by atoms with Crippen molar-refractivity contribution in [3.05, 3.63) is 71.3 Å². The van der Waals surface area contributed by atoms with Gasteiger partial charge in [-0.3, -0.25) is 4.79 Å². The first-order valence-electron chi connectivity index (χ1n) is 6.95. The summed E-state index contributed by atoms with van der Waals surface area (Å²) in [5.74, 6) is -0.347. The second-order valence-electron chi connectivity index (χ2n) is 4.80. The molecule has 0 aliphatic rings. The first kappa shape index (κ1) is 15.7. The molecule has 0 aliphatic carbocycles. The summed E-state index contributed by atoms with van der Waals surface area (Å²) in [6.07, 6.45) is -0.334. The maximum atomic E-state index is 11.6. The van der Waals surface area contributed by atoms with Crippen molar-refractivity contribution < 1.29 is 14.3 Å². The first-order chi connectivity index (χ1) is 10.7. The molecule has 2 aromatic rings. The second kappa shape index (κ2) is 7.96. The summed E-state index contributed by atoms with van der Waals surface area (Å²) in [6, 6.07) is 18.9. The van der Waals surface area contributed by atoms with Gasteiger partial charge in [0.2, 0.25) is 0 Å². The first-order valence-corrected chi connectivity index (χ1v) is 6.95. The molecule has 2 rings (SSSR count). The maximum Gasteiger partial charge on any atom is 0.308 e. The van der Waals surface area contributed by atoms with Crippen molar-refractivity contribution in [3.8, 4) is 6.07 Å². The fourth-order valence-electron chi connectivity index (χ4n) is 2.09. The van der Waals surface area contributed by atoms with Crippen LogP contribution in [0.2, 0.25) is 0 Å². The van der Waals surface area contributed by atoms with Crippen LogP contribution in [0, 0.1) is 11.3 Å². The number of benzene rings is 2. The van der Waals surface area contributed by atoms with E-state index in [0.29, 0.717) is 12.2 Å². The van der Waals surface area contributed by atoms with Crippen LogP contribution in [0.4, 0.5) is 0 Å².